The molecule has 0 nitrogen and oxygen atoms in total. The fraction of sp³-hybridized carbons (Fsp3) is 0.200. The van der Waals surface area contributed by atoms with Crippen LogP contribution in [0.25, 0.3) is 0 Å². The lowest BCUT2D eigenvalue weighted by Crippen LogP contribution is -1.97. The van der Waals surface area contributed by atoms with Crippen LogP contribution < -0.4 is 0 Å². The van der Waals surface area contributed by atoms with Gasteiger partial charge in [-0.3, -0.25) is 0 Å². The monoisotopic (exact) mass is 164 g/mol. The van der Waals surface area contributed by atoms with E-state index < -0.39 is 0 Å². The zero-order chi connectivity index (χ0) is 8.10. The van der Waals surface area contributed by atoms with E-state index in [0.29, 0.717) is 0 Å². The zero-order valence-corrected chi connectivity index (χ0v) is 7.30. The molecular formula is C10H12S. The maximum atomic E-state index is 4.32. The molecule has 11 heavy (non-hydrogen) atoms. The van der Waals surface area contributed by atoms with Crippen LogP contribution in [0.4, 0.5) is 0 Å². The Morgan fingerprint density at radius 3 is 2.55 bits per heavy atom. The topological polar surface area (TPSA) is 0 Å². The van der Waals surface area contributed by atoms with Crippen molar-refractivity contribution in [3.63, 3.8) is 0 Å². The van der Waals surface area contributed by atoms with Crippen LogP contribution in [0.3, 0.4) is 0 Å². The van der Waals surface area contributed by atoms with Crippen LogP contribution in [0.2, 0.25) is 0 Å². The van der Waals surface area contributed by atoms with Gasteiger partial charge in [0.05, 0.1) is 0 Å². The molecule has 0 saturated carbocycles. The van der Waals surface area contributed by atoms with Crippen molar-refractivity contribution in [1.29, 1.82) is 0 Å². The summed E-state index contributed by atoms with van der Waals surface area (Å²) in [5.74, 6) is 0. The second-order valence-electron chi connectivity index (χ2n) is 2.49. The SMILES string of the molecule is C=CC(S)Cc1ccccc1. The minimum absolute atomic E-state index is 0.275. The fourth-order valence-electron chi connectivity index (χ4n) is 0.939. The Kier molecular flexibility index (Phi) is 3.24. The number of hydrogen-bond acceptors (Lipinski definition) is 1. The molecule has 0 aliphatic heterocycles. The number of hydrogen-bond donors (Lipinski definition) is 1. The van der Waals surface area contributed by atoms with Gasteiger partial charge < -0.3 is 0 Å². The summed E-state index contributed by atoms with van der Waals surface area (Å²) in [5.41, 5.74) is 1.31. The predicted molar refractivity (Wildman–Crippen MR) is 53.1 cm³/mol. The van der Waals surface area contributed by atoms with Gasteiger partial charge >= 0.3 is 0 Å². The van der Waals surface area contributed by atoms with E-state index in [1.54, 1.807) is 0 Å². The molecule has 1 unspecified atom stereocenters. The summed E-state index contributed by atoms with van der Waals surface area (Å²) in [6, 6.07) is 10.3. The molecule has 0 saturated heterocycles. The maximum absolute atomic E-state index is 4.32. The molecule has 1 aromatic rings. The van der Waals surface area contributed by atoms with Crippen molar-refractivity contribution in [2.24, 2.45) is 0 Å². The Labute approximate surface area is 73.4 Å². The number of benzene rings is 1. The van der Waals surface area contributed by atoms with Crippen LogP contribution in [-0.2, 0) is 6.42 Å². The quantitative estimate of drug-likeness (QED) is 0.515. The number of rotatable bonds is 3. The van der Waals surface area contributed by atoms with Crippen molar-refractivity contribution in [2.45, 2.75) is 11.7 Å². The summed E-state index contributed by atoms with van der Waals surface area (Å²) >= 11 is 4.32. The van der Waals surface area contributed by atoms with Crippen molar-refractivity contribution in [2.75, 3.05) is 0 Å². The van der Waals surface area contributed by atoms with E-state index in [0.717, 1.165) is 6.42 Å². The van der Waals surface area contributed by atoms with Crippen LogP contribution in [0.1, 0.15) is 5.56 Å². The minimum atomic E-state index is 0.275. The van der Waals surface area contributed by atoms with Gasteiger partial charge in [0.1, 0.15) is 0 Å². The van der Waals surface area contributed by atoms with Crippen LogP contribution in [0.5, 0.6) is 0 Å². The molecule has 0 aliphatic carbocycles. The van der Waals surface area contributed by atoms with Crippen LogP contribution >= 0.6 is 12.6 Å². The van der Waals surface area contributed by atoms with E-state index in [9.17, 15) is 0 Å². The molecule has 0 aromatic heterocycles. The highest BCUT2D eigenvalue weighted by molar-refractivity contribution is 7.81. The highest BCUT2D eigenvalue weighted by Gasteiger charge is 1.97. The van der Waals surface area contributed by atoms with Crippen LogP contribution in [0, 0.1) is 0 Å². The molecule has 0 fully saturated rings. The Hall–Kier alpha value is -0.690. The average molecular weight is 164 g/mol. The van der Waals surface area contributed by atoms with Gasteiger partial charge in [0, 0.05) is 5.25 Å². The van der Waals surface area contributed by atoms with Crippen molar-refractivity contribution in [3.8, 4) is 0 Å². The zero-order valence-electron chi connectivity index (χ0n) is 6.40. The largest absolute Gasteiger partial charge is 0.171 e. The summed E-state index contributed by atoms with van der Waals surface area (Å²) in [7, 11) is 0. The van der Waals surface area contributed by atoms with E-state index in [4.69, 9.17) is 0 Å². The summed E-state index contributed by atoms with van der Waals surface area (Å²) in [6.45, 7) is 3.68. The second kappa shape index (κ2) is 4.24. The first-order valence-electron chi connectivity index (χ1n) is 3.67. The lowest BCUT2D eigenvalue weighted by atomic mass is 10.1. The van der Waals surface area contributed by atoms with E-state index >= 15 is 0 Å². The van der Waals surface area contributed by atoms with Gasteiger partial charge in [0.25, 0.3) is 0 Å². The molecule has 0 amide bonds. The van der Waals surface area contributed by atoms with Crippen molar-refractivity contribution in [1.82, 2.24) is 0 Å². The van der Waals surface area contributed by atoms with Gasteiger partial charge in [-0.1, -0.05) is 36.4 Å². The second-order valence-corrected chi connectivity index (χ2v) is 3.16. The first-order valence-corrected chi connectivity index (χ1v) is 4.19. The fourth-order valence-corrected chi connectivity index (χ4v) is 1.15. The first kappa shape index (κ1) is 8.41. The average Bonchev–Trinajstić information content (AvgIpc) is 2.06. The molecular weight excluding hydrogens is 152 g/mol. The van der Waals surface area contributed by atoms with Gasteiger partial charge in [0.2, 0.25) is 0 Å². The van der Waals surface area contributed by atoms with Gasteiger partial charge in [-0.15, -0.1) is 6.58 Å². The Morgan fingerprint density at radius 1 is 1.36 bits per heavy atom. The van der Waals surface area contributed by atoms with Gasteiger partial charge in [-0.2, -0.15) is 12.6 Å². The molecule has 1 rings (SSSR count). The van der Waals surface area contributed by atoms with E-state index in [1.807, 2.05) is 24.3 Å². The Bertz CT molecular complexity index is 216. The molecule has 0 N–H and O–H groups in total. The van der Waals surface area contributed by atoms with E-state index in [1.165, 1.54) is 5.56 Å². The third-order valence-electron chi connectivity index (χ3n) is 1.56. The molecule has 0 radical (unpaired) electrons. The van der Waals surface area contributed by atoms with Gasteiger partial charge in [-0.25, -0.2) is 0 Å². The molecule has 0 aliphatic rings. The molecule has 1 aromatic carbocycles. The highest BCUT2D eigenvalue weighted by atomic mass is 32.1. The molecule has 0 heterocycles. The smallest absolute Gasteiger partial charge is 0.0234 e. The van der Waals surface area contributed by atoms with E-state index in [-0.39, 0.29) is 5.25 Å². The molecule has 0 spiro atoms. The normalized spacial score (nSPS) is 12.5. The maximum Gasteiger partial charge on any atom is 0.0234 e. The van der Waals surface area contributed by atoms with Crippen molar-refractivity contribution >= 4 is 12.6 Å². The molecule has 1 heteroatoms. The number of thiol groups is 1. The van der Waals surface area contributed by atoms with Gasteiger partial charge in [-0.05, 0) is 12.0 Å². The Balaban J connectivity index is 2.57. The van der Waals surface area contributed by atoms with Crippen molar-refractivity contribution in [3.05, 3.63) is 48.6 Å². The lowest BCUT2D eigenvalue weighted by molar-refractivity contribution is 1.03. The minimum Gasteiger partial charge on any atom is -0.171 e. The highest BCUT2D eigenvalue weighted by Crippen LogP contribution is 2.07. The summed E-state index contributed by atoms with van der Waals surface area (Å²) in [6.07, 6.45) is 2.82. The summed E-state index contributed by atoms with van der Waals surface area (Å²) in [5, 5.41) is 0.275. The molecule has 0 bridgehead atoms. The van der Waals surface area contributed by atoms with Crippen molar-refractivity contribution < 1.29 is 0 Å². The summed E-state index contributed by atoms with van der Waals surface area (Å²) < 4.78 is 0. The van der Waals surface area contributed by atoms with Gasteiger partial charge in [0.15, 0.2) is 0 Å². The third-order valence-corrected chi connectivity index (χ3v) is 1.95. The Morgan fingerprint density at radius 2 is 2.00 bits per heavy atom. The van der Waals surface area contributed by atoms with Crippen LogP contribution in [-0.4, -0.2) is 5.25 Å². The predicted octanol–water partition coefficient (Wildman–Crippen LogP) is 2.71. The van der Waals surface area contributed by atoms with Crippen LogP contribution in [0.15, 0.2) is 43.0 Å². The lowest BCUT2D eigenvalue weighted by Gasteiger charge is -2.03. The molecule has 58 valence electrons. The third kappa shape index (κ3) is 2.81. The first-order chi connectivity index (χ1) is 5.33. The van der Waals surface area contributed by atoms with E-state index in [2.05, 4.69) is 31.3 Å². The molecule has 1 atom stereocenters. The standard InChI is InChI=1S/C10H12S/c1-2-10(11)8-9-6-4-3-5-7-9/h2-7,10-11H,1,8H2. The summed E-state index contributed by atoms with van der Waals surface area (Å²) in [4.78, 5) is 0.